The van der Waals surface area contributed by atoms with E-state index < -0.39 is 0 Å². The maximum absolute atomic E-state index is 12.4. The lowest BCUT2D eigenvalue weighted by atomic mass is 9.95. The van der Waals surface area contributed by atoms with Crippen molar-refractivity contribution in [2.75, 3.05) is 12.4 Å². The number of rotatable bonds is 5. The van der Waals surface area contributed by atoms with E-state index in [-0.39, 0.29) is 11.8 Å². The Kier molecular flexibility index (Phi) is 4.77. The SMILES string of the molecule is CCC(C(=O)Nc1ccc(OC)cc1)c1ccccc1. The summed E-state index contributed by atoms with van der Waals surface area (Å²) in [5.74, 6) is 0.667. The number of hydrogen-bond acceptors (Lipinski definition) is 2. The van der Waals surface area contributed by atoms with Crippen LogP contribution in [0.3, 0.4) is 0 Å². The highest BCUT2D eigenvalue weighted by Gasteiger charge is 2.18. The molecule has 0 aliphatic carbocycles. The fourth-order valence-electron chi connectivity index (χ4n) is 2.16. The zero-order chi connectivity index (χ0) is 14.4. The number of amides is 1. The largest absolute Gasteiger partial charge is 0.497 e. The molecule has 3 nitrogen and oxygen atoms in total. The second-order valence-corrected chi connectivity index (χ2v) is 4.59. The minimum Gasteiger partial charge on any atom is -0.497 e. The molecule has 20 heavy (non-hydrogen) atoms. The van der Waals surface area contributed by atoms with Crippen molar-refractivity contribution in [1.82, 2.24) is 0 Å². The average Bonchev–Trinajstić information content (AvgIpc) is 2.50. The van der Waals surface area contributed by atoms with E-state index in [0.29, 0.717) is 0 Å². The van der Waals surface area contributed by atoms with E-state index in [2.05, 4.69) is 5.32 Å². The highest BCUT2D eigenvalue weighted by atomic mass is 16.5. The molecule has 3 heteroatoms. The fraction of sp³-hybridized carbons (Fsp3) is 0.235. The summed E-state index contributed by atoms with van der Waals surface area (Å²) >= 11 is 0. The average molecular weight is 269 g/mol. The second kappa shape index (κ2) is 6.75. The lowest BCUT2D eigenvalue weighted by molar-refractivity contribution is -0.117. The number of carbonyl (C=O) groups is 1. The quantitative estimate of drug-likeness (QED) is 0.896. The molecule has 2 rings (SSSR count). The third-order valence-corrected chi connectivity index (χ3v) is 3.28. The summed E-state index contributed by atoms with van der Waals surface area (Å²) < 4.78 is 5.10. The summed E-state index contributed by atoms with van der Waals surface area (Å²) in [4.78, 5) is 12.4. The van der Waals surface area contributed by atoms with E-state index in [0.717, 1.165) is 23.4 Å². The Hall–Kier alpha value is -2.29. The topological polar surface area (TPSA) is 38.3 Å². The smallest absolute Gasteiger partial charge is 0.231 e. The van der Waals surface area contributed by atoms with Crippen LogP contribution in [0.1, 0.15) is 24.8 Å². The second-order valence-electron chi connectivity index (χ2n) is 4.59. The number of benzene rings is 2. The summed E-state index contributed by atoms with van der Waals surface area (Å²) in [6, 6.07) is 17.2. The highest BCUT2D eigenvalue weighted by Crippen LogP contribution is 2.22. The first-order valence-corrected chi connectivity index (χ1v) is 6.74. The third kappa shape index (κ3) is 3.38. The highest BCUT2D eigenvalue weighted by molar-refractivity contribution is 5.95. The van der Waals surface area contributed by atoms with E-state index in [1.165, 1.54) is 0 Å². The molecule has 1 atom stereocenters. The van der Waals surface area contributed by atoms with Gasteiger partial charge in [0.2, 0.25) is 5.91 Å². The molecular weight excluding hydrogens is 250 g/mol. The van der Waals surface area contributed by atoms with Crippen molar-refractivity contribution in [3.8, 4) is 5.75 Å². The van der Waals surface area contributed by atoms with Crippen LogP contribution < -0.4 is 10.1 Å². The van der Waals surface area contributed by atoms with Gasteiger partial charge in [0.25, 0.3) is 0 Å². The Morgan fingerprint density at radius 2 is 1.75 bits per heavy atom. The summed E-state index contributed by atoms with van der Waals surface area (Å²) in [6.07, 6.45) is 0.770. The van der Waals surface area contributed by atoms with Crippen LogP contribution >= 0.6 is 0 Å². The maximum Gasteiger partial charge on any atom is 0.231 e. The number of carbonyl (C=O) groups excluding carboxylic acids is 1. The van der Waals surface area contributed by atoms with Gasteiger partial charge < -0.3 is 10.1 Å². The van der Waals surface area contributed by atoms with Gasteiger partial charge in [-0.25, -0.2) is 0 Å². The van der Waals surface area contributed by atoms with Crippen molar-refractivity contribution in [3.05, 3.63) is 60.2 Å². The van der Waals surface area contributed by atoms with Gasteiger partial charge in [0.1, 0.15) is 5.75 Å². The summed E-state index contributed by atoms with van der Waals surface area (Å²) in [6.45, 7) is 2.02. The van der Waals surface area contributed by atoms with E-state index in [1.54, 1.807) is 7.11 Å². The molecule has 0 aromatic heterocycles. The molecule has 1 amide bonds. The van der Waals surface area contributed by atoms with Gasteiger partial charge in [-0.1, -0.05) is 37.3 Å². The van der Waals surface area contributed by atoms with Crippen molar-refractivity contribution >= 4 is 11.6 Å². The molecule has 104 valence electrons. The molecule has 0 bridgehead atoms. The molecule has 0 saturated heterocycles. The molecule has 0 aliphatic heterocycles. The normalized spacial score (nSPS) is 11.7. The van der Waals surface area contributed by atoms with Crippen molar-refractivity contribution in [1.29, 1.82) is 0 Å². The van der Waals surface area contributed by atoms with Crippen LogP contribution in [0.15, 0.2) is 54.6 Å². The van der Waals surface area contributed by atoms with Gasteiger partial charge in [-0.15, -0.1) is 0 Å². The number of hydrogen-bond donors (Lipinski definition) is 1. The molecule has 1 unspecified atom stereocenters. The van der Waals surface area contributed by atoms with Gasteiger partial charge in [0, 0.05) is 5.69 Å². The lowest BCUT2D eigenvalue weighted by Crippen LogP contribution is -2.20. The van der Waals surface area contributed by atoms with Gasteiger partial charge >= 0.3 is 0 Å². The Bertz CT molecular complexity index is 549. The van der Waals surface area contributed by atoms with Crippen LogP contribution in [-0.4, -0.2) is 13.0 Å². The van der Waals surface area contributed by atoms with Crippen LogP contribution in [0.2, 0.25) is 0 Å². The van der Waals surface area contributed by atoms with Crippen LogP contribution in [0.25, 0.3) is 0 Å². The van der Waals surface area contributed by atoms with Crippen LogP contribution in [0.4, 0.5) is 5.69 Å². The fourth-order valence-corrected chi connectivity index (χ4v) is 2.16. The number of methoxy groups -OCH3 is 1. The standard InChI is InChI=1S/C17H19NO2/c1-3-16(13-7-5-4-6-8-13)17(19)18-14-9-11-15(20-2)12-10-14/h4-12,16H,3H2,1-2H3,(H,18,19). The number of ether oxygens (including phenoxy) is 1. The van der Waals surface area contributed by atoms with Crippen molar-refractivity contribution in [2.45, 2.75) is 19.3 Å². The minimum absolute atomic E-state index is 0.0175. The van der Waals surface area contributed by atoms with Crippen LogP contribution in [-0.2, 0) is 4.79 Å². The van der Waals surface area contributed by atoms with E-state index >= 15 is 0 Å². The summed E-state index contributed by atoms with van der Waals surface area (Å²) in [7, 11) is 1.62. The molecule has 0 radical (unpaired) electrons. The molecule has 1 N–H and O–H groups in total. The number of anilines is 1. The van der Waals surface area contributed by atoms with Gasteiger partial charge in [0.05, 0.1) is 13.0 Å². The first-order valence-electron chi connectivity index (χ1n) is 6.74. The zero-order valence-electron chi connectivity index (χ0n) is 11.8. The molecule has 0 saturated carbocycles. The Labute approximate surface area is 119 Å². The molecular formula is C17H19NO2. The van der Waals surface area contributed by atoms with E-state index in [9.17, 15) is 4.79 Å². The number of nitrogens with one attached hydrogen (secondary N) is 1. The molecule has 2 aromatic rings. The first-order chi connectivity index (χ1) is 9.74. The van der Waals surface area contributed by atoms with Crippen molar-refractivity contribution in [3.63, 3.8) is 0 Å². The van der Waals surface area contributed by atoms with Crippen molar-refractivity contribution < 1.29 is 9.53 Å². The Morgan fingerprint density at radius 3 is 2.30 bits per heavy atom. The lowest BCUT2D eigenvalue weighted by Gasteiger charge is -2.15. The van der Waals surface area contributed by atoms with Crippen molar-refractivity contribution in [2.24, 2.45) is 0 Å². The molecule has 0 heterocycles. The minimum atomic E-state index is -0.127. The summed E-state index contributed by atoms with van der Waals surface area (Å²) in [5.41, 5.74) is 1.83. The first kappa shape index (κ1) is 14.1. The third-order valence-electron chi connectivity index (χ3n) is 3.28. The Balaban J connectivity index is 2.09. The molecule has 0 aliphatic rings. The summed E-state index contributed by atoms with van der Waals surface area (Å²) in [5, 5.41) is 2.95. The Morgan fingerprint density at radius 1 is 1.10 bits per heavy atom. The zero-order valence-corrected chi connectivity index (χ0v) is 11.8. The van der Waals surface area contributed by atoms with Gasteiger partial charge in [0.15, 0.2) is 0 Å². The monoisotopic (exact) mass is 269 g/mol. The maximum atomic E-state index is 12.4. The van der Waals surface area contributed by atoms with Crippen LogP contribution in [0.5, 0.6) is 5.75 Å². The molecule has 2 aromatic carbocycles. The predicted molar refractivity (Wildman–Crippen MR) is 81.1 cm³/mol. The van der Waals surface area contributed by atoms with Gasteiger partial charge in [-0.05, 0) is 36.2 Å². The van der Waals surface area contributed by atoms with Crippen LogP contribution in [0, 0.1) is 0 Å². The van der Waals surface area contributed by atoms with E-state index in [1.807, 2.05) is 61.5 Å². The predicted octanol–water partition coefficient (Wildman–Crippen LogP) is 3.83. The molecule has 0 spiro atoms. The van der Waals surface area contributed by atoms with E-state index in [4.69, 9.17) is 4.74 Å². The van der Waals surface area contributed by atoms with Gasteiger partial charge in [-0.3, -0.25) is 4.79 Å². The molecule has 0 fully saturated rings. The van der Waals surface area contributed by atoms with Gasteiger partial charge in [-0.2, -0.15) is 0 Å².